The highest BCUT2D eigenvalue weighted by Gasteiger charge is 2.39. The van der Waals surface area contributed by atoms with Crippen LogP contribution in [-0.4, -0.2) is 40.9 Å². The van der Waals surface area contributed by atoms with Crippen molar-refractivity contribution in [3.8, 4) is 5.75 Å². The lowest BCUT2D eigenvalue weighted by Gasteiger charge is -2.13. The Morgan fingerprint density at radius 3 is 2.69 bits per heavy atom. The Kier molecular flexibility index (Phi) is 5.17. The fourth-order valence-electron chi connectivity index (χ4n) is 2.55. The SMILES string of the molecule is COc1ccc(CN2C(=O)NC(CC(=O)Nc3nc(C)cs3)C2=O)cc1. The number of methoxy groups -OCH3 is 1. The van der Waals surface area contributed by atoms with Gasteiger partial charge < -0.3 is 15.4 Å². The first-order chi connectivity index (χ1) is 12.5. The average Bonchev–Trinajstić information content (AvgIpc) is 3.13. The Hall–Kier alpha value is -2.94. The summed E-state index contributed by atoms with van der Waals surface area (Å²) < 4.78 is 5.08. The molecule has 1 unspecified atom stereocenters. The topological polar surface area (TPSA) is 101 Å². The van der Waals surface area contributed by atoms with Crippen LogP contribution >= 0.6 is 11.3 Å². The number of aryl methyl sites for hydroxylation is 1. The molecule has 4 amide bonds. The van der Waals surface area contributed by atoms with Crippen LogP contribution in [0, 0.1) is 6.92 Å². The number of imide groups is 1. The number of rotatable bonds is 6. The normalized spacial score (nSPS) is 16.5. The number of nitrogens with zero attached hydrogens (tertiary/aromatic N) is 2. The van der Waals surface area contributed by atoms with Gasteiger partial charge in [-0.2, -0.15) is 0 Å². The number of hydrogen-bond acceptors (Lipinski definition) is 6. The maximum Gasteiger partial charge on any atom is 0.325 e. The lowest BCUT2D eigenvalue weighted by molar-refractivity contribution is -0.130. The van der Waals surface area contributed by atoms with Crippen molar-refractivity contribution in [2.24, 2.45) is 0 Å². The second-order valence-corrected chi connectivity index (χ2v) is 6.68. The molecule has 1 aromatic carbocycles. The van der Waals surface area contributed by atoms with Gasteiger partial charge in [0.2, 0.25) is 5.91 Å². The Balaban J connectivity index is 1.59. The van der Waals surface area contributed by atoms with Gasteiger partial charge in [-0.15, -0.1) is 11.3 Å². The summed E-state index contributed by atoms with van der Waals surface area (Å²) in [4.78, 5) is 41.9. The average molecular weight is 374 g/mol. The van der Waals surface area contributed by atoms with Crippen molar-refractivity contribution in [1.29, 1.82) is 0 Å². The molecule has 0 saturated carbocycles. The first-order valence-corrected chi connectivity index (χ1v) is 8.81. The van der Waals surface area contributed by atoms with Crippen molar-refractivity contribution in [3.05, 3.63) is 40.9 Å². The standard InChI is InChI=1S/C17H18N4O4S/c1-10-9-26-16(18-10)20-14(22)7-13-15(23)21(17(24)19-13)8-11-3-5-12(25-2)6-4-11/h3-6,9,13H,7-8H2,1-2H3,(H,19,24)(H,18,20,22). The van der Waals surface area contributed by atoms with E-state index in [1.807, 2.05) is 12.3 Å². The molecule has 1 saturated heterocycles. The molecule has 1 aliphatic heterocycles. The van der Waals surface area contributed by atoms with Gasteiger partial charge in [0.25, 0.3) is 5.91 Å². The molecule has 3 rings (SSSR count). The smallest absolute Gasteiger partial charge is 0.325 e. The number of nitrogens with one attached hydrogen (secondary N) is 2. The Morgan fingerprint density at radius 2 is 2.08 bits per heavy atom. The molecule has 0 bridgehead atoms. The van der Waals surface area contributed by atoms with E-state index in [1.54, 1.807) is 31.4 Å². The quantitative estimate of drug-likeness (QED) is 0.752. The van der Waals surface area contributed by atoms with Gasteiger partial charge in [0.1, 0.15) is 11.8 Å². The van der Waals surface area contributed by atoms with E-state index in [0.717, 1.165) is 16.2 Å². The molecule has 1 aliphatic rings. The Labute approximate surface area is 154 Å². The van der Waals surface area contributed by atoms with E-state index in [1.165, 1.54) is 11.3 Å². The number of hydrogen-bond donors (Lipinski definition) is 2. The molecule has 26 heavy (non-hydrogen) atoms. The van der Waals surface area contributed by atoms with Gasteiger partial charge in [-0.05, 0) is 24.6 Å². The summed E-state index contributed by atoms with van der Waals surface area (Å²) >= 11 is 1.31. The minimum Gasteiger partial charge on any atom is -0.497 e. The minimum absolute atomic E-state index is 0.137. The number of urea groups is 1. The number of benzene rings is 1. The minimum atomic E-state index is -0.873. The summed E-state index contributed by atoms with van der Waals surface area (Å²) in [5.41, 5.74) is 1.60. The molecule has 0 aliphatic carbocycles. The van der Waals surface area contributed by atoms with Gasteiger partial charge in [0.05, 0.1) is 25.8 Å². The third-order valence-corrected chi connectivity index (χ3v) is 4.74. The fourth-order valence-corrected chi connectivity index (χ4v) is 3.25. The summed E-state index contributed by atoms with van der Waals surface area (Å²) in [5.74, 6) is -0.0986. The van der Waals surface area contributed by atoms with E-state index >= 15 is 0 Å². The van der Waals surface area contributed by atoms with Crippen molar-refractivity contribution in [1.82, 2.24) is 15.2 Å². The second kappa shape index (κ2) is 7.52. The van der Waals surface area contributed by atoms with Crippen LogP contribution in [0.2, 0.25) is 0 Å². The van der Waals surface area contributed by atoms with Crippen LogP contribution in [-0.2, 0) is 16.1 Å². The summed E-state index contributed by atoms with van der Waals surface area (Å²) in [6.07, 6.45) is -0.137. The van der Waals surface area contributed by atoms with Crippen LogP contribution < -0.4 is 15.4 Å². The maximum atomic E-state index is 12.5. The van der Waals surface area contributed by atoms with E-state index in [2.05, 4.69) is 15.6 Å². The summed E-state index contributed by atoms with van der Waals surface area (Å²) in [6, 6.07) is 5.70. The predicted octanol–water partition coefficient (Wildman–Crippen LogP) is 1.91. The second-order valence-electron chi connectivity index (χ2n) is 5.82. The molecule has 9 heteroatoms. The van der Waals surface area contributed by atoms with Gasteiger partial charge in [-0.25, -0.2) is 9.78 Å². The van der Waals surface area contributed by atoms with Crippen molar-refractivity contribution in [2.45, 2.75) is 25.9 Å². The summed E-state index contributed by atoms with van der Waals surface area (Å²) in [7, 11) is 1.56. The highest BCUT2D eigenvalue weighted by Crippen LogP contribution is 2.18. The molecule has 1 aromatic heterocycles. The number of carbonyl (C=O) groups excluding carboxylic acids is 3. The summed E-state index contributed by atoms with van der Waals surface area (Å²) in [6.45, 7) is 1.96. The molecular formula is C17H18N4O4S. The maximum absolute atomic E-state index is 12.5. The monoisotopic (exact) mass is 374 g/mol. The molecule has 2 aromatic rings. The molecule has 0 radical (unpaired) electrons. The molecule has 0 spiro atoms. The van der Waals surface area contributed by atoms with Gasteiger partial charge in [0.15, 0.2) is 5.13 Å². The van der Waals surface area contributed by atoms with Crippen molar-refractivity contribution >= 4 is 34.3 Å². The first-order valence-electron chi connectivity index (χ1n) is 7.93. The molecule has 2 N–H and O–H groups in total. The number of thiazole rings is 1. The van der Waals surface area contributed by atoms with Crippen molar-refractivity contribution < 1.29 is 19.1 Å². The lowest BCUT2D eigenvalue weighted by Crippen LogP contribution is -2.34. The van der Waals surface area contributed by atoms with E-state index in [9.17, 15) is 14.4 Å². The van der Waals surface area contributed by atoms with Crippen molar-refractivity contribution in [2.75, 3.05) is 12.4 Å². The highest BCUT2D eigenvalue weighted by molar-refractivity contribution is 7.13. The molecule has 8 nitrogen and oxygen atoms in total. The zero-order valence-corrected chi connectivity index (χ0v) is 15.1. The van der Waals surface area contributed by atoms with Gasteiger partial charge in [-0.1, -0.05) is 12.1 Å². The molecular weight excluding hydrogens is 356 g/mol. The van der Waals surface area contributed by atoms with E-state index in [4.69, 9.17) is 4.74 Å². The van der Waals surface area contributed by atoms with Crippen molar-refractivity contribution in [3.63, 3.8) is 0 Å². The van der Waals surface area contributed by atoms with Gasteiger partial charge in [-0.3, -0.25) is 14.5 Å². The predicted molar refractivity (Wildman–Crippen MR) is 96.0 cm³/mol. The number of amides is 4. The third-order valence-electron chi connectivity index (χ3n) is 3.86. The van der Waals surface area contributed by atoms with Crippen LogP contribution in [0.4, 0.5) is 9.93 Å². The number of aromatic nitrogens is 1. The third kappa shape index (κ3) is 3.99. The molecule has 136 valence electrons. The zero-order chi connectivity index (χ0) is 18.7. The fraction of sp³-hybridized carbons (Fsp3) is 0.294. The zero-order valence-electron chi connectivity index (χ0n) is 14.3. The number of ether oxygens (including phenoxy) is 1. The lowest BCUT2D eigenvalue weighted by atomic mass is 10.1. The van der Waals surface area contributed by atoms with Gasteiger partial charge in [0, 0.05) is 5.38 Å². The van der Waals surface area contributed by atoms with Crippen LogP contribution in [0.15, 0.2) is 29.6 Å². The number of anilines is 1. The Bertz CT molecular complexity index is 834. The molecule has 2 heterocycles. The van der Waals surface area contributed by atoms with Crippen LogP contribution in [0.3, 0.4) is 0 Å². The molecule has 1 atom stereocenters. The number of carbonyl (C=O) groups is 3. The van der Waals surface area contributed by atoms with Crippen LogP contribution in [0.1, 0.15) is 17.7 Å². The highest BCUT2D eigenvalue weighted by atomic mass is 32.1. The summed E-state index contributed by atoms with van der Waals surface area (Å²) in [5, 5.41) is 7.47. The van der Waals surface area contributed by atoms with E-state index in [0.29, 0.717) is 10.9 Å². The first kappa shape index (κ1) is 17.9. The van der Waals surface area contributed by atoms with Crippen LogP contribution in [0.25, 0.3) is 0 Å². The van der Waals surface area contributed by atoms with E-state index in [-0.39, 0.29) is 18.9 Å². The largest absolute Gasteiger partial charge is 0.497 e. The Morgan fingerprint density at radius 1 is 1.35 bits per heavy atom. The van der Waals surface area contributed by atoms with E-state index < -0.39 is 18.0 Å². The van der Waals surface area contributed by atoms with Gasteiger partial charge >= 0.3 is 6.03 Å². The molecule has 1 fully saturated rings. The van der Waals surface area contributed by atoms with Crippen LogP contribution in [0.5, 0.6) is 5.75 Å².